The summed E-state index contributed by atoms with van der Waals surface area (Å²) in [5.74, 6) is -1.47. The van der Waals surface area contributed by atoms with E-state index in [4.69, 9.17) is 10.8 Å². The number of carbonyl (C=O) groups is 2. The molecule has 19 heavy (non-hydrogen) atoms. The van der Waals surface area contributed by atoms with Gasteiger partial charge >= 0.3 is 5.97 Å². The summed E-state index contributed by atoms with van der Waals surface area (Å²) in [4.78, 5) is 26.4. The molecule has 7 heteroatoms. The van der Waals surface area contributed by atoms with Gasteiger partial charge in [-0.1, -0.05) is 0 Å². The van der Waals surface area contributed by atoms with E-state index in [0.29, 0.717) is 0 Å². The molecule has 4 N–H and O–H groups in total. The summed E-state index contributed by atoms with van der Waals surface area (Å²) < 4.78 is 1.97. The number of carboxylic acid groups (broad SMARTS) is 1. The fourth-order valence-corrected chi connectivity index (χ4v) is 2.50. The number of imidazole rings is 1. The number of aliphatic carboxylic acids is 1. The number of carboxylic acids is 1. The molecule has 0 saturated heterocycles. The van der Waals surface area contributed by atoms with Crippen molar-refractivity contribution in [3.05, 3.63) is 18.7 Å². The molecule has 2 rings (SSSR count). The molecule has 3 unspecified atom stereocenters. The lowest BCUT2D eigenvalue weighted by molar-refractivity contribution is -0.139. The second-order valence-corrected chi connectivity index (χ2v) is 4.83. The highest BCUT2D eigenvalue weighted by atomic mass is 16.4. The minimum atomic E-state index is -1.07. The van der Waals surface area contributed by atoms with Gasteiger partial charge in [0.25, 0.3) is 0 Å². The molecule has 0 bridgehead atoms. The maximum Gasteiger partial charge on any atom is 0.305 e. The van der Waals surface area contributed by atoms with Crippen molar-refractivity contribution in [1.29, 1.82) is 0 Å². The topological polar surface area (TPSA) is 110 Å². The van der Waals surface area contributed by atoms with Crippen molar-refractivity contribution in [2.45, 2.75) is 43.8 Å². The van der Waals surface area contributed by atoms with Crippen LogP contribution in [0.15, 0.2) is 18.7 Å². The van der Waals surface area contributed by atoms with Crippen LogP contribution in [-0.4, -0.2) is 38.6 Å². The van der Waals surface area contributed by atoms with E-state index in [-0.39, 0.29) is 18.5 Å². The second kappa shape index (κ2) is 5.83. The molecule has 7 nitrogen and oxygen atoms in total. The first kappa shape index (κ1) is 13.5. The zero-order valence-corrected chi connectivity index (χ0v) is 10.5. The summed E-state index contributed by atoms with van der Waals surface area (Å²) >= 11 is 0. The average Bonchev–Trinajstić information content (AvgIpc) is 2.97. The molecule has 1 aliphatic rings. The van der Waals surface area contributed by atoms with Gasteiger partial charge < -0.3 is 20.7 Å². The Morgan fingerprint density at radius 2 is 2.32 bits per heavy atom. The summed E-state index contributed by atoms with van der Waals surface area (Å²) in [6.45, 7) is 0. The maximum atomic E-state index is 11.8. The Labute approximate surface area is 110 Å². The van der Waals surface area contributed by atoms with Gasteiger partial charge in [-0.25, -0.2) is 4.98 Å². The number of nitrogens with zero attached hydrogens (tertiary/aromatic N) is 2. The van der Waals surface area contributed by atoms with Crippen molar-refractivity contribution in [3.8, 4) is 0 Å². The Balaban J connectivity index is 1.94. The molecule has 1 aliphatic carbocycles. The van der Waals surface area contributed by atoms with Gasteiger partial charge in [0.2, 0.25) is 5.91 Å². The van der Waals surface area contributed by atoms with E-state index in [9.17, 15) is 9.59 Å². The third kappa shape index (κ3) is 3.31. The molecule has 1 heterocycles. The van der Waals surface area contributed by atoms with E-state index >= 15 is 0 Å². The minimum absolute atomic E-state index is 0.0125. The third-order valence-corrected chi connectivity index (χ3v) is 3.45. The molecule has 1 fully saturated rings. The number of hydrogen-bond acceptors (Lipinski definition) is 4. The van der Waals surface area contributed by atoms with E-state index in [1.165, 1.54) is 0 Å². The molecular weight excluding hydrogens is 248 g/mol. The van der Waals surface area contributed by atoms with Crippen molar-refractivity contribution in [1.82, 2.24) is 14.9 Å². The lowest BCUT2D eigenvalue weighted by Crippen LogP contribution is -2.47. The first-order valence-corrected chi connectivity index (χ1v) is 6.33. The highest BCUT2D eigenvalue weighted by Crippen LogP contribution is 2.29. The fourth-order valence-electron chi connectivity index (χ4n) is 2.50. The molecule has 1 saturated carbocycles. The largest absolute Gasteiger partial charge is 0.481 e. The number of hydrogen-bond donors (Lipinski definition) is 3. The maximum absolute atomic E-state index is 11.8. The molecule has 0 aromatic carbocycles. The van der Waals surface area contributed by atoms with Gasteiger partial charge in [-0.3, -0.25) is 9.59 Å². The number of nitrogens with two attached hydrogens (primary N) is 1. The van der Waals surface area contributed by atoms with E-state index in [1.54, 1.807) is 12.5 Å². The predicted octanol–water partition coefficient (Wildman–Crippen LogP) is -0.105. The van der Waals surface area contributed by atoms with Crippen LogP contribution < -0.4 is 11.1 Å². The molecule has 0 radical (unpaired) electrons. The van der Waals surface area contributed by atoms with Gasteiger partial charge in [-0.15, -0.1) is 0 Å². The smallest absolute Gasteiger partial charge is 0.305 e. The van der Waals surface area contributed by atoms with Crippen LogP contribution in [0.25, 0.3) is 0 Å². The van der Waals surface area contributed by atoms with Crippen molar-refractivity contribution in [3.63, 3.8) is 0 Å². The first-order valence-electron chi connectivity index (χ1n) is 6.33. The quantitative estimate of drug-likeness (QED) is 0.689. The molecule has 0 spiro atoms. The van der Waals surface area contributed by atoms with Crippen LogP contribution in [0, 0.1) is 0 Å². The third-order valence-electron chi connectivity index (χ3n) is 3.45. The molecule has 1 aromatic rings. The molecular formula is C12H18N4O3. The summed E-state index contributed by atoms with van der Waals surface area (Å²) in [5, 5.41) is 11.5. The summed E-state index contributed by atoms with van der Waals surface area (Å²) in [7, 11) is 0. The van der Waals surface area contributed by atoms with Gasteiger partial charge in [0.05, 0.1) is 24.8 Å². The van der Waals surface area contributed by atoms with Crippen LogP contribution in [-0.2, 0) is 9.59 Å². The number of rotatable bonds is 5. The lowest BCUT2D eigenvalue weighted by atomic mass is 10.1. The van der Waals surface area contributed by atoms with Crippen molar-refractivity contribution < 1.29 is 14.7 Å². The fraction of sp³-hybridized carbons (Fsp3) is 0.583. The van der Waals surface area contributed by atoms with Gasteiger partial charge in [0.1, 0.15) is 0 Å². The molecule has 104 valence electrons. The summed E-state index contributed by atoms with van der Waals surface area (Å²) in [5.41, 5.74) is 5.55. The lowest BCUT2D eigenvalue weighted by Gasteiger charge is -2.23. The van der Waals surface area contributed by atoms with Gasteiger partial charge in [-0.2, -0.15) is 0 Å². The number of nitrogens with one attached hydrogen (secondary N) is 1. The predicted molar refractivity (Wildman–Crippen MR) is 67.3 cm³/mol. The minimum Gasteiger partial charge on any atom is -0.481 e. The number of carbonyl (C=O) groups excluding carboxylic acids is 1. The molecule has 1 amide bonds. The Morgan fingerprint density at radius 3 is 2.95 bits per heavy atom. The first-order chi connectivity index (χ1) is 9.08. The van der Waals surface area contributed by atoms with Crippen LogP contribution in [0.5, 0.6) is 0 Å². The van der Waals surface area contributed by atoms with E-state index in [1.807, 2.05) is 10.8 Å². The second-order valence-electron chi connectivity index (χ2n) is 4.83. The summed E-state index contributed by atoms with van der Waals surface area (Å²) in [6.07, 6.45) is 7.80. The normalized spacial score (nSPS) is 24.1. The zero-order valence-electron chi connectivity index (χ0n) is 10.5. The van der Waals surface area contributed by atoms with Crippen LogP contribution in [0.1, 0.15) is 31.7 Å². The van der Waals surface area contributed by atoms with Crippen LogP contribution >= 0.6 is 0 Å². The summed E-state index contributed by atoms with van der Waals surface area (Å²) in [6, 6.07) is -0.841. The van der Waals surface area contributed by atoms with Crippen LogP contribution in [0.2, 0.25) is 0 Å². The number of amides is 1. The molecule has 3 atom stereocenters. The Bertz CT molecular complexity index is 446. The highest BCUT2D eigenvalue weighted by molar-refractivity contribution is 5.86. The SMILES string of the molecule is NC(CC(=O)O)C(=O)NC1CCCC1n1ccnc1. The molecule has 1 aromatic heterocycles. The van der Waals surface area contributed by atoms with Gasteiger partial charge in [0, 0.05) is 18.4 Å². The standard InChI is InChI=1S/C12H18N4O3/c13-8(6-11(17)18)12(19)15-9-2-1-3-10(9)16-5-4-14-7-16/h4-5,7-10H,1-3,6,13H2,(H,15,19)(H,17,18). The van der Waals surface area contributed by atoms with Crippen molar-refractivity contribution >= 4 is 11.9 Å². The van der Waals surface area contributed by atoms with Crippen molar-refractivity contribution in [2.75, 3.05) is 0 Å². The Kier molecular flexibility index (Phi) is 4.16. The Hall–Kier alpha value is -1.89. The van der Waals surface area contributed by atoms with E-state index < -0.39 is 17.9 Å². The average molecular weight is 266 g/mol. The van der Waals surface area contributed by atoms with Gasteiger partial charge in [0.15, 0.2) is 0 Å². The number of aromatic nitrogens is 2. The van der Waals surface area contributed by atoms with E-state index in [2.05, 4.69) is 10.3 Å². The van der Waals surface area contributed by atoms with Crippen LogP contribution in [0.3, 0.4) is 0 Å². The van der Waals surface area contributed by atoms with Crippen LogP contribution in [0.4, 0.5) is 0 Å². The molecule has 0 aliphatic heterocycles. The van der Waals surface area contributed by atoms with E-state index in [0.717, 1.165) is 19.3 Å². The monoisotopic (exact) mass is 266 g/mol. The highest BCUT2D eigenvalue weighted by Gasteiger charge is 2.31. The van der Waals surface area contributed by atoms with Gasteiger partial charge in [-0.05, 0) is 19.3 Å². The zero-order chi connectivity index (χ0) is 13.8. The Morgan fingerprint density at radius 1 is 1.53 bits per heavy atom. The van der Waals surface area contributed by atoms with Crippen molar-refractivity contribution in [2.24, 2.45) is 5.73 Å².